The molecule has 0 aliphatic heterocycles. The number of benzene rings is 2. The van der Waals surface area contributed by atoms with E-state index in [4.69, 9.17) is 27.9 Å². The number of anilines is 2. The molecule has 2 amide bonds. The van der Waals surface area contributed by atoms with Crippen LogP contribution in [0.1, 0.15) is 10.6 Å². The number of aromatic nitrogens is 2. The van der Waals surface area contributed by atoms with Gasteiger partial charge in [0.05, 0.1) is 10.7 Å². The molecular formula is C17H14Cl2N4O2S. The predicted octanol–water partition coefficient (Wildman–Crippen LogP) is 5.38. The fourth-order valence-electron chi connectivity index (χ4n) is 1.98. The number of nitrogens with one attached hydrogen (secondary N) is 2. The van der Waals surface area contributed by atoms with Crippen LogP contribution in [-0.2, 0) is 6.61 Å². The normalized spacial score (nSPS) is 10.4. The van der Waals surface area contributed by atoms with Crippen molar-refractivity contribution in [2.45, 2.75) is 13.5 Å². The number of hydrogen-bond acceptors (Lipinski definition) is 5. The van der Waals surface area contributed by atoms with Crippen LogP contribution in [0.15, 0.2) is 42.5 Å². The molecule has 2 N–H and O–H groups in total. The molecular weight excluding hydrogens is 395 g/mol. The van der Waals surface area contributed by atoms with Crippen LogP contribution in [0.25, 0.3) is 0 Å². The van der Waals surface area contributed by atoms with Crippen molar-refractivity contribution in [3.8, 4) is 5.75 Å². The third-order valence-corrected chi connectivity index (χ3v) is 4.61. The zero-order chi connectivity index (χ0) is 18.5. The number of urea groups is 1. The van der Waals surface area contributed by atoms with Crippen LogP contribution in [0.3, 0.4) is 0 Å². The highest BCUT2D eigenvalue weighted by molar-refractivity contribution is 7.15. The van der Waals surface area contributed by atoms with Gasteiger partial charge in [0.15, 0.2) is 5.01 Å². The van der Waals surface area contributed by atoms with E-state index in [-0.39, 0.29) is 6.61 Å². The fourth-order valence-corrected chi connectivity index (χ4v) is 3.09. The summed E-state index contributed by atoms with van der Waals surface area (Å²) >= 11 is 13.1. The second kappa shape index (κ2) is 8.35. The Morgan fingerprint density at radius 3 is 2.62 bits per heavy atom. The Hall–Kier alpha value is -2.35. The Bertz CT molecular complexity index is 915. The standard InChI is InChI=1S/C17H14Cl2N4O2S/c1-10-2-5-12(6-3-10)25-9-15-22-23-17(26-15)21-16(24)20-14-7-4-11(18)8-13(14)19/h2-8H,9H2,1H3,(H2,20,21,23,24). The molecule has 0 atom stereocenters. The van der Waals surface area contributed by atoms with Crippen LogP contribution >= 0.6 is 34.5 Å². The highest BCUT2D eigenvalue weighted by Gasteiger charge is 2.10. The third-order valence-electron chi connectivity index (χ3n) is 3.25. The summed E-state index contributed by atoms with van der Waals surface area (Å²) in [5.41, 5.74) is 1.60. The van der Waals surface area contributed by atoms with E-state index in [9.17, 15) is 4.79 Å². The van der Waals surface area contributed by atoms with E-state index in [2.05, 4.69) is 20.8 Å². The molecule has 0 aliphatic carbocycles. The molecule has 1 heterocycles. The van der Waals surface area contributed by atoms with Crippen LogP contribution in [0, 0.1) is 6.92 Å². The van der Waals surface area contributed by atoms with Gasteiger partial charge in [-0.3, -0.25) is 5.32 Å². The summed E-state index contributed by atoms with van der Waals surface area (Å²) in [5, 5.41) is 15.0. The highest BCUT2D eigenvalue weighted by atomic mass is 35.5. The van der Waals surface area contributed by atoms with E-state index in [0.29, 0.717) is 25.9 Å². The van der Waals surface area contributed by atoms with Gasteiger partial charge in [-0.05, 0) is 37.3 Å². The summed E-state index contributed by atoms with van der Waals surface area (Å²) in [4.78, 5) is 12.0. The van der Waals surface area contributed by atoms with Crippen molar-refractivity contribution in [2.75, 3.05) is 10.6 Å². The van der Waals surface area contributed by atoms with Crippen molar-refractivity contribution in [3.63, 3.8) is 0 Å². The van der Waals surface area contributed by atoms with Crippen LogP contribution in [0.5, 0.6) is 5.75 Å². The number of nitrogens with zero attached hydrogens (tertiary/aromatic N) is 2. The van der Waals surface area contributed by atoms with Crippen molar-refractivity contribution in [2.24, 2.45) is 0 Å². The molecule has 0 unspecified atom stereocenters. The Balaban J connectivity index is 1.54. The molecule has 6 nitrogen and oxygen atoms in total. The lowest BCUT2D eigenvalue weighted by atomic mass is 10.2. The lowest BCUT2D eigenvalue weighted by Gasteiger charge is -2.07. The lowest BCUT2D eigenvalue weighted by Crippen LogP contribution is -2.19. The zero-order valence-electron chi connectivity index (χ0n) is 13.6. The SMILES string of the molecule is Cc1ccc(OCc2nnc(NC(=O)Nc3ccc(Cl)cc3Cl)s2)cc1. The largest absolute Gasteiger partial charge is 0.486 e. The van der Waals surface area contributed by atoms with E-state index in [0.717, 1.165) is 11.3 Å². The minimum absolute atomic E-state index is 0.271. The van der Waals surface area contributed by atoms with Gasteiger partial charge in [0.25, 0.3) is 0 Å². The smallest absolute Gasteiger partial charge is 0.325 e. The van der Waals surface area contributed by atoms with E-state index in [1.165, 1.54) is 11.3 Å². The molecule has 26 heavy (non-hydrogen) atoms. The minimum atomic E-state index is -0.476. The number of ether oxygens (including phenoxy) is 1. The van der Waals surface area contributed by atoms with E-state index in [1.54, 1.807) is 18.2 Å². The second-order valence-corrected chi connectivity index (χ2v) is 7.21. The van der Waals surface area contributed by atoms with Gasteiger partial charge in [-0.1, -0.05) is 52.2 Å². The number of hydrogen-bond donors (Lipinski definition) is 2. The number of aryl methyl sites for hydroxylation is 1. The molecule has 3 rings (SSSR count). The van der Waals surface area contributed by atoms with Crippen molar-refractivity contribution >= 4 is 51.4 Å². The van der Waals surface area contributed by atoms with Gasteiger partial charge in [-0.15, -0.1) is 10.2 Å². The molecule has 3 aromatic rings. The topological polar surface area (TPSA) is 76.1 Å². The Morgan fingerprint density at radius 2 is 1.88 bits per heavy atom. The van der Waals surface area contributed by atoms with Crippen LogP contribution in [0.4, 0.5) is 15.6 Å². The average Bonchev–Trinajstić information content (AvgIpc) is 3.04. The lowest BCUT2D eigenvalue weighted by molar-refractivity contribution is 0.262. The summed E-state index contributed by atoms with van der Waals surface area (Å²) < 4.78 is 5.64. The first kappa shape index (κ1) is 18.4. The Morgan fingerprint density at radius 1 is 1.12 bits per heavy atom. The van der Waals surface area contributed by atoms with Crippen LogP contribution in [0.2, 0.25) is 10.0 Å². The predicted molar refractivity (Wildman–Crippen MR) is 105 cm³/mol. The van der Waals surface area contributed by atoms with Crippen LogP contribution in [-0.4, -0.2) is 16.2 Å². The van der Waals surface area contributed by atoms with Crippen molar-refractivity contribution < 1.29 is 9.53 Å². The molecule has 9 heteroatoms. The first-order valence-electron chi connectivity index (χ1n) is 7.54. The van der Waals surface area contributed by atoms with Gasteiger partial charge in [0.1, 0.15) is 12.4 Å². The van der Waals surface area contributed by atoms with Crippen molar-refractivity contribution in [1.82, 2.24) is 10.2 Å². The number of amides is 2. The molecule has 0 spiro atoms. The fraction of sp³-hybridized carbons (Fsp3) is 0.118. The maximum atomic E-state index is 12.0. The minimum Gasteiger partial charge on any atom is -0.486 e. The molecule has 0 radical (unpaired) electrons. The highest BCUT2D eigenvalue weighted by Crippen LogP contribution is 2.26. The van der Waals surface area contributed by atoms with E-state index >= 15 is 0 Å². The summed E-state index contributed by atoms with van der Waals surface area (Å²) in [7, 11) is 0. The van der Waals surface area contributed by atoms with Gasteiger partial charge in [-0.25, -0.2) is 4.79 Å². The van der Waals surface area contributed by atoms with Crippen molar-refractivity contribution in [3.05, 3.63) is 63.1 Å². The second-order valence-electron chi connectivity index (χ2n) is 5.31. The summed E-state index contributed by atoms with van der Waals surface area (Å²) in [6, 6.07) is 12.0. The number of carbonyl (C=O) groups is 1. The van der Waals surface area contributed by atoms with Gasteiger partial charge in [-0.2, -0.15) is 0 Å². The first-order valence-corrected chi connectivity index (χ1v) is 9.12. The summed E-state index contributed by atoms with van der Waals surface area (Å²) in [5.74, 6) is 0.746. The number of rotatable bonds is 5. The molecule has 134 valence electrons. The number of carbonyl (C=O) groups excluding carboxylic acids is 1. The maximum Gasteiger partial charge on any atom is 0.325 e. The van der Waals surface area contributed by atoms with Gasteiger partial charge < -0.3 is 10.1 Å². The van der Waals surface area contributed by atoms with Crippen molar-refractivity contribution in [1.29, 1.82) is 0 Å². The quantitative estimate of drug-likeness (QED) is 0.594. The third kappa shape index (κ3) is 5.08. The Kier molecular flexibility index (Phi) is 5.92. The zero-order valence-corrected chi connectivity index (χ0v) is 16.0. The molecule has 0 saturated heterocycles. The molecule has 0 bridgehead atoms. The first-order chi connectivity index (χ1) is 12.5. The van der Waals surface area contributed by atoms with Crippen LogP contribution < -0.4 is 15.4 Å². The van der Waals surface area contributed by atoms with Gasteiger partial charge in [0.2, 0.25) is 5.13 Å². The molecule has 2 aromatic carbocycles. The van der Waals surface area contributed by atoms with E-state index < -0.39 is 6.03 Å². The molecule has 0 fully saturated rings. The monoisotopic (exact) mass is 408 g/mol. The molecule has 1 aromatic heterocycles. The number of halogens is 2. The molecule has 0 aliphatic rings. The van der Waals surface area contributed by atoms with Gasteiger partial charge in [0, 0.05) is 5.02 Å². The summed E-state index contributed by atoms with van der Waals surface area (Å²) in [6.07, 6.45) is 0. The van der Waals surface area contributed by atoms with E-state index in [1.807, 2.05) is 31.2 Å². The maximum absolute atomic E-state index is 12.0. The van der Waals surface area contributed by atoms with Gasteiger partial charge >= 0.3 is 6.03 Å². The molecule has 0 saturated carbocycles. The average molecular weight is 409 g/mol. The Labute approximate surface area is 164 Å². The summed E-state index contributed by atoms with van der Waals surface area (Å²) in [6.45, 7) is 2.28.